The predicted molar refractivity (Wildman–Crippen MR) is 87.5 cm³/mol. The third kappa shape index (κ3) is 3.91. The normalized spacial score (nSPS) is 19.5. The van der Waals surface area contributed by atoms with Gasteiger partial charge in [-0.1, -0.05) is 12.5 Å². The number of amides is 1. The molecule has 0 aromatic heterocycles. The fourth-order valence-corrected chi connectivity index (χ4v) is 4.49. The molecule has 1 heterocycles. The molecule has 1 fully saturated rings. The van der Waals surface area contributed by atoms with Gasteiger partial charge in [-0.2, -0.15) is 4.31 Å². The first kappa shape index (κ1) is 17.9. The summed E-state index contributed by atoms with van der Waals surface area (Å²) >= 11 is 0. The lowest BCUT2D eigenvalue weighted by atomic mass is 10.1. The van der Waals surface area contributed by atoms with Gasteiger partial charge in [0.15, 0.2) is 0 Å². The van der Waals surface area contributed by atoms with Gasteiger partial charge in [-0.3, -0.25) is 9.63 Å². The molecular formula is C16H24N2O4S. The molecule has 0 radical (unpaired) electrons. The molecule has 1 N–H and O–H groups in total. The molecule has 6 nitrogen and oxygen atoms in total. The molecule has 7 heteroatoms. The van der Waals surface area contributed by atoms with E-state index in [1.807, 2.05) is 6.92 Å². The van der Waals surface area contributed by atoms with E-state index in [0.717, 1.165) is 19.3 Å². The van der Waals surface area contributed by atoms with E-state index in [-0.39, 0.29) is 10.9 Å². The van der Waals surface area contributed by atoms with Crippen molar-refractivity contribution >= 4 is 15.9 Å². The summed E-state index contributed by atoms with van der Waals surface area (Å²) in [6.07, 6.45) is 2.78. The lowest BCUT2D eigenvalue weighted by Gasteiger charge is -2.32. The maximum atomic E-state index is 12.9. The fourth-order valence-electron chi connectivity index (χ4n) is 2.76. The Labute approximate surface area is 137 Å². The Bertz CT molecular complexity index is 673. The number of piperidine rings is 1. The number of nitrogens with one attached hydrogen (secondary N) is 1. The first-order valence-corrected chi connectivity index (χ1v) is 9.36. The second kappa shape index (κ2) is 7.42. The lowest BCUT2D eigenvalue weighted by Crippen LogP contribution is -2.42. The molecule has 1 aromatic rings. The van der Waals surface area contributed by atoms with Crippen LogP contribution in [0.3, 0.4) is 0 Å². The number of carbonyl (C=O) groups is 1. The molecular weight excluding hydrogens is 316 g/mol. The number of carbonyl (C=O) groups excluding carboxylic acids is 1. The van der Waals surface area contributed by atoms with Gasteiger partial charge < -0.3 is 0 Å². The highest BCUT2D eigenvalue weighted by Gasteiger charge is 2.31. The number of hydrogen-bond donors (Lipinski definition) is 1. The van der Waals surface area contributed by atoms with Crippen molar-refractivity contribution in [3.05, 3.63) is 29.3 Å². The zero-order valence-corrected chi connectivity index (χ0v) is 14.6. The van der Waals surface area contributed by atoms with Gasteiger partial charge in [0.2, 0.25) is 10.0 Å². The van der Waals surface area contributed by atoms with Gasteiger partial charge in [-0.15, -0.1) is 0 Å². The van der Waals surface area contributed by atoms with Crippen LogP contribution in [0.5, 0.6) is 0 Å². The molecule has 1 aromatic carbocycles. The van der Waals surface area contributed by atoms with Crippen LogP contribution in [0.4, 0.5) is 0 Å². The minimum Gasteiger partial charge on any atom is -0.274 e. The van der Waals surface area contributed by atoms with Gasteiger partial charge >= 0.3 is 0 Å². The van der Waals surface area contributed by atoms with Crippen molar-refractivity contribution in [2.24, 2.45) is 0 Å². The van der Waals surface area contributed by atoms with Crippen molar-refractivity contribution in [1.82, 2.24) is 9.79 Å². The molecule has 1 unspecified atom stereocenters. The Hall–Kier alpha value is -1.44. The summed E-state index contributed by atoms with van der Waals surface area (Å²) in [5.41, 5.74) is 3.32. The Kier molecular flexibility index (Phi) is 5.78. The first-order valence-electron chi connectivity index (χ1n) is 7.92. The van der Waals surface area contributed by atoms with E-state index in [1.54, 1.807) is 26.0 Å². The molecule has 128 valence electrons. The Morgan fingerprint density at radius 1 is 1.39 bits per heavy atom. The molecule has 1 atom stereocenters. The zero-order valence-electron chi connectivity index (χ0n) is 13.8. The SMILES string of the molecule is CCONC(=O)c1cc(S(=O)(=O)N2CCCCC2C)ccc1C. The molecule has 1 aliphatic rings. The van der Waals surface area contributed by atoms with E-state index in [9.17, 15) is 13.2 Å². The Balaban J connectivity index is 2.34. The minimum absolute atomic E-state index is 0.0178. The highest BCUT2D eigenvalue weighted by molar-refractivity contribution is 7.89. The van der Waals surface area contributed by atoms with Gasteiger partial charge in [0.05, 0.1) is 11.5 Å². The summed E-state index contributed by atoms with van der Waals surface area (Å²) in [4.78, 5) is 17.2. The number of hydroxylamine groups is 1. The molecule has 1 aliphatic heterocycles. The number of aryl methyl sites for hydroxylation is 1. The van der Waals surface area contributed by atoms with E-state index >= 15 is 0 Å². The average Bonchev–Trinajstić information content (AvgIpc) is 2.53. The van der Waals surface area contributed by atoms with Gasteiger partial charge in [-0.05, 0) is 51.3 Å². The van der Waals surface area contributed by atoms with Crippen LogP contribution in [0.2, 0.25) is 0 Å². The summed E-state index contributed by atoms with van der Waals surface area (Å²) in [5.74, 6) is -0.437. The summed E-state index contributed by atoms with van der Waals surface area (Å²) < 4.78 is 27.3. The number of rotatable bonds is 5. The molecule has 0 spiro atoms. The topological polar surface area (TPSA) is 75.7 Å². The van der Waals surface area contributed by atoms with Crippen molar-refractivity contribution in [3.8, 4) is 0 Å². The van der Waals surface area contributed by atoms with Crippen LogP contribution >= 0.6 is 0 Å². The van der Waals surface area contributed by atoms with E-state index in [1.165, 1.54) is 10.4 Å². The van der Waals surface area contributed by atoms with Gasteiger partial charge in [0.25, 0.3) is 5.91 Å². The summed E-state index contributed by atoms with van der Waals surface area (Å²) in [5, 5.41) is 0. The van der Waals surface area contributed by atoms with E-state index in [4.69, 9.17) is 4.84 Å². The maximum Gasteiger partial charge on any atom is 0.275 e. The second-order valence-corrected chi connectivity index (χ2v) is 7.69. The highest BCUT2D eigenvalue weighted by atomic mass is 32.2. The quantitative estimate of drug-likeness (QED) is 0.834. The van der Waals surface area contributed by atoms with E-state index in [0.29, 0.717) is 24.3 Å². The zero-order chi connectivity index (χ0) is 17.0. The third-order valence-corrected chi connectivity index (χ3v) is 6.12. The monoisotopic (exact) mass is 340 g/mol. The van der Waals surface area contributed by atoms with Crippen LogP contribution in [0.25, 0.3) is 0 Å². The Morgan fingerprint density at radius 3 is 2.78 bits per heavy atom. The van der Waals surface area contributed by atoms with Gasteiger partial charge in [0, 0.05) is 18.2 Å². The van der Waals surface area contributed by atoms with E-state index in [2.05, 4.69) is 5.48 Å². The van der Waals surface area contributed by atoms with Crippen LogP contribution in [-0.2, 0) is 14.9 Å². The molecule has 1 saturated heterocycles. The second-order valence-electron chi connectivity index (χ2n) is 5.80. The lowest BCUT2D eigenvalue weighted by molar-refractivity contribution is 0.0364. The predicted octanol–water partition coefficient (Wildman–Crippen LogP) is 2.24. The standard InChI is InChI=1S/C16H24N2O4S/c1-4-22-17-16(19)15-11-14(9-8-12(15)2)23(20,21)18-10-6-5-7-13(18)3/h8-9,11,13H,4-7,10H2,1-3H3,(H,17,19). The molecule has 0 bridgehead atoms. The first-order chi connectivity index (χ1) is 10.9. The van der Waals surface area contributed by atoms with Crippen LogP contribution in [0, 0.1) is 6.92 Å². The van der Waals surface area contributed by atoms with Crippen molar-refractivity contribution in [3.63, 3.8) is 0 Å². The van der Waals surface area contributed by atoms with Crippen LogP contribution in [0.1, 0.15) is 49.0 Å². The van der Waals surface area contributed by atoms with Crippen LogP contribution in [-0.4, -0.2) is 37.8 Å². The van der Waals surface area contributed by atoms with Crippen molar-refractivity contribution in [2.75, 3.05) is 13.2 Å². The molecule has 0 saturated carbocycles. The summed E-state index contributed by atoms with van der Waals surface area (Å²) in [6.45, 7) is 6.31. The summed E-state index contributed by atoms with van der Waals surface area (Å²) in [6, 6.07) is 4.63. The number of hydrogen-bond acceptors (Lipinski definition) is 4. The Morgan fingerprint density at radius 2 is 2.13 bits per heavy atom. The largest absolute Gasteiger partial charge is 0.275 e. The van der Waals surface area contributed by atoms with Gasteiger partial charge in [-0.25, -0.2) is 13.9 Å². The van der Waals surface area contributed by atoms with Crippen molar-refractivity contribution in [2.45, 2.75) is 51.0 Å². The smallest absolute Gasteiger partial charge is 0.274 e. The number of benzene rings is 1. The van der Waals surface area contributed by atoms with Crippen molar-refractivity contribution < 1.29 is 18.0 Å². The fraction of sp³-hybridized carbons (Fsp3) is 0.562. The number of sulfonamides is 1. The average molecular weight is 340 g/mol. The number of nitrogens with zero attached hydrogens (tertiary/aromatic N) is 1. The van der Waals surface area contributed by atoms with E-state index < -0.39 is 15.9 Å². The highest BCUT2D eigenvalue weighted by Crippen LogP contribution is 2.26. The maximum absolute atomic E-state index is 12.9. The third-order valence-electron chi connectivity index (χ3n) is 4.11. The van der Waals surface area contributed by atoms with Crippen LogP contribution < -0.4 is 5.48 Å². The molecule has 23 heavy (non-hydrogen) atoms. The molecule has 0 aliphatic carbocycles. The minimum atomic E-state index is -3.59. The van der Waals surface area contributed by atoms with Gasteiger partial charge in [0.1, 0.15) is 0 Å². The molecule has 1 amide bonds. The molecule has 2 rings (SSSR count). The van der Waals surface area contributed by atoms with Crippen molar-refractivity contribution in [1.29, 1.82) is 0 Å². The van der Waals surface area contributed by atoms with Crippen LogP contribution in [0.15, 0.2) is 23.1 Å². The summed E-state index contributed by atoms with van der Waals surface area (Å²) in [7, 11) is -3.59.